The maximum Gasteiger partial charge on any atom is 1.00 e. The smallest absolute Gasteiger partial charge is 0.744 e. The number of nitrogens with zero attached hydrogens (tertiary/aromatic N) is 4. The zero-order valence-electron chi connectivity index (χ0n) is 34.5. The first kappa shape index (κ1) is 53.9. The summed E-state index contributed by atoms with van der Waals surface area (Å²) in [6.45, 7) is 0. The van der Waals surface area contributed by atoms with Crippen molar-refractivity contribution in [1.29, 1.82) is 0 Å². The predicted octanol–water partition coefficient (Wildman–Crippen LogP) is -4.43. The summed E-state index contributed by atoms with van der Waals surface area (Å²) in [5.74, 6) is -2.49. The van der Waals surface area contributed by atoms with E-state index in [2.05, 4.69) is 36.6 Å². The van der Waals surface area contributed by atoms with Crippen LogP contribution in [0.25, 0.3) is 12.2 Å². The van der Waals surface area contributed by atoms with Crippen LogP contribution in [0, 0.1) is 0 Å². The molecule has 0 aromatic heterocycles. The topological polar surface area (TPSA) is 360 Å². The molecule has 2 aliphatic carbocycles. The Hall–Kier alpha value is -4.74. The first-order valence-corrected chi connectivity index (χ1v) is 21.8. The van der Waals surface area contributed by atoms with E-state index in [0.717, 1.165) is 12.1 Å². The number of para-hydroxylation sites is 1. The van der Waals surface area contributed by atoms with Crippen LogP contribution in [0.1, 0.15) is 42.2 Å². The number of rotatable bonds is 11. The fraction of sp³-hybridized carbons (Fsp3) is 0. The molecule has 320 valence electrons. The number of fused-ring (bicyclic) bond motifs is 2. The number of Topliss-reactive ketones (excluding diaryl/α,β-unsaturated/α-hetero) is 2. The van der Waals surface area contributed by atoms with Gasteiger partial charge in [0.15, 0.2) is 0 Å². The van der Waals surface area contributed by atoms with Crippen LogP contribution in [-0.2, 0) is 30.4 Å². The molecule has 0 unspecified atom stereocenters. The summed E-state index contributed by atoms with van der Waals surface area (Å²) in [5.41, 5.74) is 14.7. The molecule has 0 spiro atoms. The number of nitrogens with two attached hydrogens (primary N) is 2. The summed E-state index contributed by atoms with van der Waals surface area (Å²) in [7, 11) is -15.7. The minimum atomic E-state index is -5.41. The minimum absolute atomic E-state index is 0. The monoisotopic (exact) mass is 977 g/mol. The van der Waals surface area contributed by atoms with Crippen LogP contribution in [-0.4, -0.2) is 67.8 Å². The van der Waals surface area contributed by atoms with Crippen LogP contribution in [0.4, 0.5) is 39.8 Å². The van der Waals surface area contributed by atoms with Gasteiger partial charge in [0, 0.05) is 22.5 Å². The third-order valence-corrected chi connectivity index (χ3v) is 11.7. The first-order chi connectivity index (χ1) is 29.7. The Balaban J connectivity index is 0.00000317. The average Bonchev–Trinajstić information content (AvgIpc) is 3.22. The predicted molar refractivity (Wildman–Crippen MR) is 227 cm³/mol. The Morgan fingerprint density at radius 1 is 0.606 bits per heavy atom. The van der Waals surface area contributed by atoms with Crippen LogP contribution < -0.4 is 116 Å². The number of ketones is 2. The molecule has 0 fully saturated rings. The average molecular weight is 978 g/mol. The van der Waals surface area contributed by atoms with Gasteiger partial charge in [-0.15, -0.1) is 5.11 Å². The number of carbonyl (C=O) groups excluding carboxylic acids is 3. The number of nitrogens with one attached hydrogen (secondary N) is 3. The standard InChI is InChI=1S/C39H29N9O12S3.3Na/c40-27-15-17-29(61(52,53)54)26-14-16-28(37(49)33(26)27)46-43-25-12-10-22(11-13-25)42-39(51)20-6-8-24(9-7-20)45-47-35-30(62(55,56)57)18-21-19-31(63(58,59)60)36(38(50)32(21)34(35)41)48-44-23-4-2-1-3-5-23;;;/h1-19,43-44H,40-41H2,(H,42,51)(H,52,53,54)(H,55,56,57)(H,58,59,60);;;/q;3*+1/p-3. The van der Waals surface area contributed by atoms with Crippen LogP contribution in [0.3, 0.4) is 0 Å². The molecule has 0 saturated heterocycles. The summed E-state index contributed by atoms with van der Waals surface area (Å²) in [5, 5.41) is 18.3. The quantitative estimate of drug-likeness (QED) is 0.0274. The fourth-order valence-electron chi connectivity index (χ4n) is 6.17. The second kappa shape index (κ2) is 21.5. The molecule has 21 nitrogen and oxygen atoms in total. The van der Waals surface area contributed by atoms with Crippen molar-refractivity contribution < 1.29 is 142 Å². The van der Waals surface area contributed by atoms with E-state index in [-0.39, 0.29) is 122 Å². The molecule has 7 rings (SSSR count). The molecular weight excluding hydrogens is 952 g/mol. The number of hydrazone groups is 2. The van der Waals surface area contributed by atoms with Gasteiger partial charge in [-0.25, -0.2) is 25.3 Å². The molecular formula is C39H26N9Na3O12S3. The van der Waals surface area contributed by atoms with Gasteiger partial charge in [-0.2, -0.15) is 15.3 Å². The van der Waals surface area contributed by atoms with E-state index in [4.69, 9.17) is 11.5 Å². The molecule has 5 aromatic rings. The van der Waals surface area contributed by atoms with Crippen molar-refractivity contribution in [3.63, 3.8) is 0 Å². The zero-order valence-corrected chi connectivity index (χ0v) is 43.0. The van der Waals surface area contributed by atoms with E-state index < -0.39 is 90.7 Å². The molecule has 5 aromatic carbocycles. The molecule has 0 heterocycles. The maximum atomic E-state index is 13.6. The van der Waals surface area contributed by atoms with Crippen LogP contribution >= 0.6 is 0 Å². The van der Waals surface area contributed by atoms with Gasteiger partial charge in [0.05, 0.1) is 48.6 Å². The van der Waals surface area contributed by atoms with Gasteiger partial charge in [-0.05, 0) is 96.6 Å². The van der Waals surface area contributed by atoms with Gasteiger partial charge < -0.3 is 30.4 Å². The molecule has 66 heavy (non-hydrogen) atoms. The molecule has 7 N–H and O–H groups in total. The van der Waals surface area contributed by atoms with E-state index in [9.17, 15) is 53.3 Å². The van der Waals surface area contributed by atoms with Gasteiger partial charge >= 0.3 is 88.7 Å². The molecule has 0 radical (unpaired) electrons. The van der Waals surface area contributed by atoms with E-state index in [1.807, 2.05) is 0 Å². The van der Waals surface area contributed by atoms with Crippen molar-refractivity contribution in [2.24, 2.45) is 20.4 Å². The number of carbonyl (C=O) groups is 3. The Morgan fingerprint density at radius 3 is 1.80 bits per heavy atom. The van der Waals surface area contributed by atoms with Gasteiger partial charge in [-0.3, -0.25) is 25.2 Å². The van der Waals surface area contributed by atoms with E-state index in [0.29, 0.717) is 29.2 Å². The number of azo groups is 1. The van der Waals surface area contributed by atoms with Crippen LogP contribution in [0.2, 0.25) is 0 Å². The summed E-state index contributed by atoms with van der Waals surface area (Å²) in [6.07, 6.45) is 3.15. The molecule has 0 saturated carbocycles. The summed E-state index contributed by atoms with van der Waals surface area (Å²) >= 11 is 0. The Labute approximate surface area is 442 Å². The van der Waals surface area contributed by atoms with Crippen molar-refractivity contribution in [1.82, 2.24) is 0 Å². The number of allylic oxidation sites excluding steroid dienone is 2. The number of anilines is 5. The van der Waals surface area contributed by atoms with Crippen molar-refractivity contribution >= 4 is 111 Å². The van der Waals surface area contributed by atoms with Crippen molar-refractivity contribution in [3.8, 4) is 0 Å². The summed E-state index contributed by atoms with van der Waals surface area (Å²) in [4.78, 5) is 37.0. The third kappa shape index (κ3) is 11.9. The Bertz CT molecular complexity index is 3300. The number of nitrogen functional groups attached to an aromatic ring is 2. The minimum Gasteiger partial charge on any atom is -0.744 e. The van der Waals surface area contributed by atoms with Crippen LogP contribution in [0.5, 0.6) is 0 Å². The fourth-order valence-corrected chi connectivity index (χ4v) is 8.15. The van der Waals surface area contributed by atoms with Crippen LogP contribution in [0.15, 0.2) is 138 Å². The molecule has 27 heteroatoms. The number of hydrogen-bond acceptors (Lipinski definition) is 20. The Morgan fingerprint density at radius 2 is 1.20 bits per heavy atom. The normalized spacial score (nSPS) is 14.6. The van der Waals surface area contributed by atoms with Gasteiger partial charge in [0.1, 0.15) is 47.5 Å². The number of amides is 1. The Kier molecular flexibility index (Phi) is 17.5. The third-order valence-electron chi connectivity index (χ3n) is 9.12. The summed E-state index contributed by atoms with van der Waals surface area (Å²) in [6, 6.07) is 22.2. The molecule has 0 atom stereocenters. The number of benzene rings is 5. The van der Waals surface area contributed by atoms with E-state index in [1.54, 1.807) is 18.2 Å². The molecule has 2 aliphatic rings. The van der Waals surface area contributed by atoms with E-state index in [1.165, 1.54) is 72.8 Å². The first-order valence-electron chi connectivity index (χ1n) is 17.6. The SMILES string of the molecule is Nc1ccc(S(=O)(=O)[O-])c2c1C(=O)C(=NNc1ccc(NC(=O)c3ccc(N=Nc4c(S(=O)(=O)[O-])cc5c(c4N)C(=O)C(=NNc4ccccc4)C(S(=O)(=O)[O-])=C5)cc3)cc1)C=C2.[Na+].[Na+].[Na+]. The van der Waals surface area contributed by atoms with Crippen molar-refractivity contribution in [2.75, 3.05) is 27.6 Å². The molecule has 0 bridgehead atoms. The van der Waals surface area contributed by atoms with E-state index >= 15 is 0 Å². The van der Waals surface area contributed by atoms with Gasteiger partial charge in [-0.1, -0.05) is 24.3 Å². The second-order valence-corrected chi connectivity index (χ2v) is 17.3. The van der Waals surface area contributed by atoms with Crippen molar-refractivity contribution in [2.45, 2.75) is 9.79 Å². The van der Waals surface area contributed by atoms with Gasteiger partial charge in [0.2, 0.25) is 11.6 Å². The van der Waals surface area contributed by atoms with Crippen molar-refractivity contribution in [3.05, 3.63) is 136 Å². The van der Waals surface area contributed by atoms with Gasteiger partial charge in [0.25, 0.3) is 5.91 Å². The molecule has 0 aliphatic heterocycles. The maximum absolute atomic E-state index is 13.6. The molecule has 1 amide bonds. The summed E-state index contributed by atoms with van der Waals surface area (Å²) < 4.78 is 109. The largest absolute Gasteiger partial charge is 1.00 e. The second-order valence-electron chi connectivity index (χ2n) is 13.2. The number of hydrogen-bond donors (Lipinski definition) is 5. The zero-order chi connectivity index (χ0) is 45.4.